The Labute approximate surface area is 122 Å². The van der Waals surface area contributed by atoms with Gasteiger partial charge in [-0.05, 0) is 38.2 Å². The number of hydrogen-bond donors (Lipinski definition) is 1. The first-order valence-corrected chi connectivity index (χ1v) is 7.87. The largest absolute Gasteiger partial charge is 0.462 e. The summed E-state index contributed by atoms with van der Waals surface area (Å²) in [6.45, 7) is 4.04. The van der Waals surface area contributed by atoms with Crippen LogP contribution in [0.15, 0.2) is 0 Å². The van der Waals surface area contributed by atoms with Crippen molar-refractivity contribution in [2.24, 2.45) is 0 Å². The summed E-state index contributed by atoms with van der Waals surface area (Å²) in [5, 5.41) is 1.04. The lowest BCUT2D eigenvalue weighted by Crippen LogP contribution is -2.19. The number of aryl methyl sites for hydroxylation is 3. The molecule has 0 radical (unpaired) electrons. The van der Waals surface area contributed by atoms with Crippen molar-refractivity contribution in [3.63, 3.8) is 0 Å². The highest BCUT2D eigenvalue weighted by Crippen LogP contribution is 2.38. The number of anilines is 1. The smallest absolute Gasteiger partial charge is 0.346 e. The van der Waals surface area contributed by atoms with Gasteiger partial charge in [0.25, 0.3) is 4.83 Å². The second kappa shape index (κ2) is 5.05. The molecule has 2 aromatic heterocycles. The third kappa shape index (κ3) is 1.97. The third-order valence-electron chi connectivity index (χ3n) is 3.87. The van der Waals surface area contributed by atoms with Crippen LogP contribution in [0.3, 0.4) is 0 Å². The second-order valence-electron chi connectivity index (χ2n) is 5.17. The van der Waals surface area contributed by atoms with Gasteiger partial charge in [0.05, 0.1) is 17.7 Å². The molecular formula is C15H19N2O2S+. The summed E-state index contributed by atoms with van der Waals surface area (Å²) in [5.74, 6) is -0.337. The molecule has 0 atom stereocenters. The number of thiophene rings is 1. The van der Waals surface area contributed by atoms with Crippen LogP contribution in [0.4, 0.5) is 5.69 Å². The normalized spacial score (nSPS) is 14.3. The fourth-order valence-electron chi connectivity index (χ4n) is 2.96. The Kier molecular flexibility index (Phi) is 3.38. The summed E-state index contributed by atoms with van der Waals surface area (Å²) in [4.78, 5) is 17.9. The monoisotopic (exact) mass is 291 g/mol. The molecule has 3 rings (SSSR count). The van der Waals surface area contributed by atoms with Crippen molar-refractivity contribution in [1.29, 1.82) is 0 Å². The minimum Gasteiger partial charge on any atom is -0.462 e. The molecule has 106 valence electrons. The zero-order chi connectivity index (χ0) is 14.3. The van der Waals surface area contributed by atoms with Crippen LogP contribution in [0.2, 0.25) is 0 Å². The van der Waals surface area contributed by atoms with Crippen molar-refractivity contribution in [2.75, 3.05) is 12.3 Å². The molecule has 3 N–H and O–H groups in total. The van der Waals surface area contributed by atoms with Gasteiger partial charge >= 0.3 is 5.97 Å². The van der Waals surface area contributed by atoms with E-state index in [9.17, 15) is 4.79 Å². The molecule has 20 heavy (non-hydrogen) atoms. The molecule has 0 bridgehead atoms. The van der Waals surface area contributed by atoms with Crippen molar-refractivity contribution in [3.8, 4) is 0 Å². The number of nitrogen functional groups attached to an aromatic ring is 1. The van der Waals surface area contributed by atoms with Crippen molar-refractivity contribution < 1.29 is 14.5 Å². The standard InChI is InChI=1S/C15H18N2O2S/c1-3-19-15(18)11-8(2)17-14-12(13(11)16)9-6-4-5-7-10(9)20-14/h3-7H2,1-2H3,(H2,16,17)/p+1. The number of aromatic amines is 1. The molecule has 0 aromatic carbocycles. The predicted molar refractivity (Wildman–Crippen MR) is 80.1 cm³/mol. The summed E-state index contributed by atoms with van der Waals surface area (Å²) in [6, 6.07) is 0. The molecule has 5 heteroatoms. The highest BCUT2D eigenvalue weighted by Gasteiger charge is 2.28. The number of carbonyl (C=O) groups excluding carboxylic acids is 1. The van der Waals surface area contributed by atoms with Crippen LogP contribution < -0.4 is 10.7 Å². The molecule has 1 aliphatic rings. The number of carbonyl (C=O) groups is 1. The van der Waals surface area contributed by atoms with E-state index in [0.717, 1.165) is 28.8 Å². The number of ether oxygens (including phenoxy) is 1. The number of esters is 1. The minimum atomic E-state index is -0.337. The van der Waals surface area contributed by atoms with Crippen LogP contribution >= 0.6 is 11.3 Å². The third-order valence-corrected chi connectivity index (χ3v) is 5.07. The van der Waals surface area contributed by atoms with E-state index < -0.39 is 0 Å². The summed E-state index contributed by atoms with van der Waals surface area (Å²) in [6.07, 6.45) is 4.61. The van der Waals surface area contributed by atoms with Gasteiger partial charge in [-0.1, -0.05) is 11.3 Å². The fraction of sp³-hybridized carbons (Fsp3) is 0.467. The molecule has 0 aliphatic heterocycles. The van der Waals surface area contributed by atoms with Crippen LogP contribution in [0, 0.1) is 6.92 Å². The molecule has 0 unspecified atom stereocenters. The van der Waals surface area contributed by atoms with E-state index in [1.165, 1.54) is 23.3 Å². The van der Waals surface area contributed by atoms with Gasteiger partial charge < -0.3 is 10.5 Å². The molecule has 1 aliphatic carbocycles. The molecule has 2 heterocycles. The summed E-state index contributed by atoms with van der Waals surface area (Å²) < 4.78 is 5.12. The van der Waals surface area contributed by atoms with Crippen LogP contribution in [0.5, 0.6) is 0 Å². The number of pyridine rings is 1. The maximum absolute atomic E-state index is 12.1. The van der Waals surface area contributed by atoms with Gasteiger partial charge in [-0.25, -0.2) is 4.79 Å². The average Bonchev–Trinajstić information content (AvgIpc) is 2.76. The zero-order valence-corrected chi connectivity index (χ0v) is 12.7. The van der Waals surface area contributed by atoms with Gasteiger partial charge in [0.2, 0.25) is 0 Å². The van der Waals surface area contributed by atoms with Crippen molar-refractivity contribution in [1.82, 2.24) is 0 Å². The zero-order valence-electron chi connectivity index (χ0n) is 11.8. The predicted octanol–water partition coefficient (Wildman–Crippen LogP) is 2.66. The first kappa shape index (κ1) is 13.4. The van der Waals surface area contributed by atoms with Gasteiger partial charge in [0, 0.05) is 11.8 Å². The lowest BCUT2D eigenvalue weighted by molar-refractivity contribution is -0.352. The highest BCUT2D eigenvalue weighted by atomic mass is 32.1. The SMILES string of the molecule is CCOC(=O)c1c(C)[nH+]c2sc3c(c2c1N)CCCC3. The highest BCUT2D eigenvalue weighted by molar-refractivity contribution is 7.18. The van der Waals surface area contributed by atoms with Crippen LogP contribution in [0.1, 0.15) is 46.3 Å². The van der Waals surface area contributed by atoms with Gasteiger partial charge in [-0.3, -0.25) is 0 Å². The van der Waals surface area contributed by atoms with Crippen LogP contribution in [0.25, 0.3) is 10.2 Å². The van der Waals surface area contributed by atoms with E-state index in [-0.39, 0.29) is 5.97 Å². The Balaban J connectivity index is 2.25. The van der Waals surface area contributed by atoms with Crippen LogP contribution in [-0.4, -0.2) is 12.6 Å². The molecule has 0 saturated carbocycles. The molecule has 4 nitrogen and oxygen atoms in total. The molecule has 0 amide bonds. The first-order chi connectivity index (χ1) is 9.63. The van der Waals surface area contributed by atoms with E-state index >= 15 is 0 Å². The fourth-order valence-corrected chi connectivity index (χ4v) is 4.32. The summed E-state index contributed by atoms with van der Waals surface area (Å²) in [5.41, 5.74) is 9.49. The van der Waals surface area contributed by atoms with E-state index in [1.54, 1.807) is 18.3 Å². The number of fused-ring (bicyclic) bond motifs is 3. The lowest BCUT2D eigenvalue weighted by Gasteiger charge is -2.11. The van der Waals surface area contributed by atoms with E-state index in [2.05, 4.69) is 4.98 Å². The number of nitrogens with two attached hydrogens (primary N) is 1. The Morgan fingerprint density at radius 2 is 2.15 bits per heavy atom. The molecule has 0 fully saturated rings. The van der Waals surface area contributed by atoms with Crippen molar-refractivity contribution >= 4 is 33.2 Å². The second-order valence-corrected chi connectivity index (χ2v) is 6.28. The Morgan fingerprint density at radius 1 is 1.40 bits per heavy atom. The molecule has 2 aromatic rings. The van der Waals surface area contributed by atoms with Gasteiger partial charge in [0.15, 0.2) is 5.69 Å². The molecule has 0 saturated heterocycles. The van der Waals surface area contributed by atoms with E-state index in [4.69, 9.17) is 10.5 Å². The maximum atomic E-state index is 12.1. The molecule has 0 spiro atoms. The van der Waals surface area contributed by atoms with E-state index in [0.29, 0.717) is 17.9 Å². The Hall–Kier alpha value is -1.62. The Bertz CT molecular complexity index is 691. The average molecular weight is 291 g/mol. The topological polar surface area (TPSA) is 66.5 Å². The van der Waals surface area contributed by atoms with Crippen LogP contribution in [-0.2, 0) is 17.6 Å². The van der Waals surface area contributed by atoms with Gasteiger partial charge in [0.1, 0.15) is 5.56 Å². The van der Waals surface area contributed by atoms with Crippen molar-refractivity contribution in [2.45, 2.75) is 39.5 Å². The van der Waals surface area contributed by atoms with Crippen molar-refractivity contribution in [3.05, 3.63) is 21.7 Å². The maximum Gasteiger partial charge on any atom is 0.346 e. The quantitative estimate of drug-likeness (QED) is 0.865. The van der Waals surface area contributed by atoms with Gasteiger partial charge in [-0.2, -0.15) is 4.98 Å². The number of nitrogens with one attached hydrogen (secondary N) is 1. The minimum absolute atomic E-state index is 0.337. The van der Waals surface area contributed by atoms with Gasteiger partial charge in [-0.15, -0.1) is 0 Å². The molecular weight excluding hydrogens is 272 g/mol. The lowest BCUT2D eigenvalue weighted by atomic mass is 9.95. The first-order valence-electron chi connectivity index (χ1n) is 7.06. The number of hydrogen-bond acceptors (Lipinski definition) is 4. The van der Waals surface area contributed by atoms with E-state index in [1.807, 2.05) is 6.92 Å². The number of H-pyrrole nitrogens is 1. The number of rotatable bonds is 2. The Morgan fingerprint density at radius 3 is 2.90 bits per heavy atom. The summed E-state index contributed by atoms with van der Waals surface area (Å²) >= 11 is 1.77. The summed E-state index contributed by atoms with van der Waals surface area (Å²) in [7, 11) is 0. The number of aromatic nitrogens is 1.